The van der Waals surface area contributed by atoms with E-state index in [0.29, 0.717) is 15.8 Å². The molecule has 0 bridgehead atoms. The van der Waals surface area contributed by atoms with Crippen LogP contribution in [0.5, 0.6) is 0 Å². The molecule has 0 N–H and O–H groups in total. The van der Waals surface area contributed by atoms with Crippen molar-refractivity contribution in [3.8, 4) is 0 Å². The fourth-order valence-corrected chi connectivity index (χ4v) is 3.22. The Bertz CT molecular complexity index is 653. The summed E-state index contributed by atoms with van der Waals surface area (Å²) in [4.78, 5) is 13.1. The molecule has 0 unspecified atom stereocenters. The maximum Gasteiger partial charge on any atom is 0.173 e. The van der Waals surface area contributed by atoms with Gasteiger partial charge in [-0.05, 0) is 43.7 Å². The van der Waals surface area contributed by atoms with Gasteiger partial charge in [-0.15, -0.1) is 11.8 Å². The zero-order valence-corrected chi connectivity index (χ0v) is 13.6. The van der Waals surface area contributed by atoms with Gasteiger partial charge in [0.1, 0.15) is 0 Å². The predicted octanol–water partition coefficient (Wildman–Crippen LogP) is 5.59. The molecule has 4 heteroatoms. The van der Waals surface area contributed by atoms with Gasteiger partial charge in [0.15, 0.2) is 5.78 Å². The molecule has 0 amide bonds. The van der Waals surface area contributed by atoms with Crippen LogP contribution in [0.25, 0.3) is 0 Å². The van der Waals surface area contributed by atoms with Crippen LogP contribution in [0.15, 0.2) is 41.3 Å². The van der Waals surface area contributed by atoms with E-state index >= 15 is 0 Å². The van der Waals surface area contributed by atoms with Crippen molar-refractivity contribution in [1.82, 2.24) is 0 Å². The van der Waals surface area contributed by atoms with Gasteiger partial charge in [-0.2, -0.15) is 0 Å². The molecule has 1 nitrogen and oxygen atoms in total. The van der Waals surface area contributed by atoms with Gasteiger partial charge in [-0.1, -0.05) is 40.9 Å². The van der Waals surface area contributed by atoms with E-state index in [-0.39, 0.29) is 5.78 Å². The standard InChI is InChI=1S/C16H14Cl2OS/c1-10-3-4-11(2)13(7-10)15(19)9-20-16-8-12(17)5-6-14(16)18/h3-8H,9H2,1-2H3. The van der Waals surface area contributed by atoms with E-state index in [9.17, 15) is 4.79 Å². The first-order valence-electron chi connectivity index (χ1n) is 6.15. The topological polar surface area (TPSA) is 17.1 Å². The summed E-state index contributed by atoms with van der Waals surface area (Å²) in [6.45, 7) is 3.93. The second kappa shape index (κ2) is 6.66. The number of aryl methyl sites for hydroxylation is 2. The van der Waals surface area contributed by atoms with Gasteiger partial charge in [0.05, 0.1) is 10.8 Å². The SMILES string of the molecule is Cc1ccc(C)c(C(=O)CSc2cc(Cl)ccc2Cl)c1. The van der Waals surface area contributed by atoms with Gasteiger partial charge in [0, 0.05) is 15.5 Å². The lowest BCUT2D eigenvalue weighted by Gasteiger charge is -2.07. The highest BCUT2D eigenvalue weighted by molar-refractivity contribution is 8.00. The molecule has 0 heterocycles. The van der Waals surface area contributed by atoms with E-state index in [1.165, 1.54) is 11.8 Å². The summed E-state index contributed by atoms with van der Waals surface area (Å²) in [5, 5.41) is 1.24. The van der Waals surface area contributed by atoms with Gasteiger partial charge in [0.2, 0.25) is 0 Å². The largest absolute Gasteiger partial charge is 0.293 e. The molecule has 0 radical (unpaired) electrons. The van der Waals surface area contributed by atoms with Gasteiger partial charge < -0.3 is 0 Å². The Morgan fingerprint density at radius 2 is 1.85 bits per heavy atom. The highest BCUT2D eigenvalue weighted by Crippen LogP contribution is 2.30. The fourth-order valence-electron chi connectivity index (χ4n) is 1.85. The number of Topliss-reactive ketones (excluding diaryl/α,β-unsaturated/α-hetero) is 1. The molecule has 0 aromatic heterocycles. The van der Waals surface area contributed by atoms with Gasteiger partial charge in [-0.25, -0.2) is 0 Å². The summed E-state index contributed by atoms with van der Waals surface area (Å²) in [5.74, 6) is 0.455. The fraction of sp³-hybridized carbons (Fsp3) is 0.188. The van der Waals surface area contributed by atoms with Crippen molar-refractivity contribution in [2.75, 3.05) is 5.75 Å². The zero-order valence-electron chi connectivity index (χ0n) is 11.2. The first-order chi connectivity index (χ1) is 9.47. The molecule has 0 spiro atoms. The first kappa shape index (κ1) is 15.4. The molecule has 0 aliphatic heterocycles. The smallest absolute Gasteiger partial charge is 0.173 e. The number of thioether (sulfide) groups is 1. The lowest BCUT2D eigenvalue weighted by molar-refractivity contribution is 0.102. The normalized spacial score (nSPS) is 10.6. The van der Waals surface area contributed by atoms with Crippen molar-refractivity contribution in [3.05, 3.63) is 63.1 Å². The van der Waals surface area contributed by atoms with E-state index < -0.39 is 0 Å². The van der Waals surface area contributed by atoms with Crippen LogP contribution in [-0.2, 0) is 0 Å². The highest BCUT2D eigenvalue weighted by atomic mass is 35.5. The van der Waals surface area contributed by atoms with Crippen LogP contribution < -0.4 is 0 Å². The van der Waals surface area contributed by atoms with E-state index in [1.54, 1.807) is 18.2 Å². The second-order valence-corrected chi connectivity index (χ2v) is 6.47. The number of rotatable bonds is 4. The van der Waals surface area contributed by atoms with Gasteiger partial charge >= 0.3 is 0 Å². The number of hydrogen-bond acceptors (Lipinski definition) is 2. The predicted molar refractivity (Wildman–Crippen MR) is 87.4 cm³/mol. The summed E-state index contributed by atoms with van der Waals surface area (Å²) >= 11 is 13.4. The van der Waals surface area contributed by atoms with Crippen LogP contribution >= 0.6 is 35.0 Å². The number of carbonyl (C=O) groups excluding carboxylic acids is 1. The van der Waals surface area contributed by atoms with Crippen molar-refractivity contribution in [1.29, 1.82) is 0 Å². The molecule has 0 saturated heterocycles. The molecule has 0 fully saturated rings. The molecule has 0 saturated carbocycles. The maximum absolute atomic E-state index is 12.3. The molecule has 20 heavy (non-hydrogen) atoms. The van der Waals surface area contributed by atoms with Gasteiger partial charge in [0.25, 0.3) is 0 Å². The van der Waals surface area contributed by atoms with E-state index in [2.05, 4.69) is 0 Å². The number of hydrogen-bond donors (Lipinski definition) is 0. The average molecular weight is 325 g/mol. The van der Waals surface area contributed by atoms with Crippen LogP contribution in [-0.4, -0.2) is 11.5 Å². The van der Waals surface area contributed by atoms with Crippen molar-refractivity contribution in [2.24, 2.45) is 0 Å². The minimum Gasteiger partial charge on any atom is -0.293 e. The summed E-state index contributed by atoms with van der Waals surface area (Å²) in [6.07, 6.45) is 0. The Kier molecular flexibility index (Phi) is 5.14. The third-order valence-corrected chi connectivity index (χ3v) is 4.68. The minimum absolute atomic E-state index is 0.104. The van der Waals surface area contributed by atoms with Crippen molar-refractivity contribution < 1.29 is 4.79 Å². The van der Waals surface area contributed by atoms with Crippen LogP contribution in [0.3, 0.4) is 0 Å². The maximum atomic E-state index is 12.3. The summed E-state index contributed by atoms with van der Waals surface area (Å²) < 4.78 is 0. The highest BCUT2D eigenvalue weighted by Gasteiger charge is 2.11. The molecule has 0 atom stereocenters. The number of ketones is 1. The average Bonchev–Trinajstić information content (AvgIpc) is 2.42. The molecule has 0 aliphatic rings. The Balaban J connectivity index is 2.12. The number of carbonyl (C=O) groups is 1. The molecule has 104 valence electrons. The van der Waals surface area contributed by atoms with E-state index in [1.807, 2.05) is 32.0 Å². The van der Waals surface area contributed by atoms with Crippen LogP contribution in [0, 0.1) is 13.8 Å². The Morgan fingerprint density at radius 1 is 1.10 bits per heavy atom. The van der Waals surface area contributed by atoms with Crippen LogP contribution in [0.1, 0.15) is 21.5 Å². The Morgan fingerprint density at radius 3 is 2.60 bits per heavy atom. The number of halogens is 2. The molecule has 0 aliphatic carbocycles. The third kappa shape index (κ3) is 3.78. The van der Waals surface area contributed by atoms with Crippen molar-refractivity contribution >= 4 is 40.7 Å². The first-order valence-corrected chi connectivity index (χ1v) is 7.90. The van der Waals surface area contributed by atoms with Gasteiger partial charge in [-0.3, -0.25) is 4.79 Å². The summed E-state index contributed by atoms with van der Waals surface area (Å²) in [7, 11) is 0. The van der Waals surface area contributed by atoms with E-state index in [0.717, 1.165) is 21.6 Å². The molecular formula is C16H14Cl2OS. The zero-order chi connectivity index (χ0) is 14.7. The lowest BCUT2D eigenvalue weighted by Crippen LogP contribution is -2.05. The molecular weight excluding hydrogens is 311 g/mol. The molecule has 2 aromatic carbocycles. The summed E-state index contributed by atoms with van der Waals surface area (Å²) in [6, 6.07) is 11.2. The van der Waals surface area contributed by atoms with Crippen molar-refractivity contribution in [3.63, 3.8) is 0 Å². The second-order valence-electron chi connectivity index (χ2n) is 4.60. The van der Waals surface area contributed by atoms with Crippen LogP contribution in [0.4, 0.5) is 0 Å². The molecule has 2 aromatic rings. The van der Waals surface area contributed by atoms with E-state index in [4.69, 9.17) is 23.2 Å². The Labute approximate surface area is 133 Å². The number of benzene rings is 2. The molecule has 2 rings (SSSR count). The monoisotopic (exact) mass is 324 g/mol. The third-order valence-electron chi connectivity index (χ3n) is 2.95. The lowest BCUT2D eigenvalue weighted by atomic mass is 10.0. The quantitative estimate of drug-likeness (QED) is 0.539. The minimum atomic E-state index is 0.104. The summed E-state index contributed by atoms with van der Waals surface area (Å²) in [5.41, 5.74) is 2.86. The Hall–Kier alpha value is -0.960. The van der Waals surface area contributed by atoms with Crippen molar-refractivity contribution in [2.45, 2.75) is 18.7 Å². The van der Waals surface area contributed by atoms with Crippen LogP contribution in [0.2, 0.25) is 10.0 Å².